The number of nitrogens with two attached hydrogens (primary N) is 1. The topological polar surface area (TPSA) is 71.7 Å². The van der Waals surface area contributed by atoms with Gasteiger partial charge in [-0.3, -0.25) is 0 Å². The van der Waals surface area contributed by atoms with Crippen LogP contribution in [-0.4, -0.2) is 47.8 Å². The van der Waals surface area contributed by atoms with Gasteiger partial charge in [0, 0.05) is 43.6 Å². The molecular formula is C20H26N4O2. The summed E-state index contributed by atoms with van der Waals surface area (Å²) in [6.07, 6.45) is 1.63. The van der Waals surface area contributed by atoms with Crippen molar-refractivity contribution in [1.29, 1.82) is 0 Å². The lowest BCUT2D eigenvalue weighted by molar-refractivity contribution is 0.0240. The van der Waals surface area contributed by atoms with Gasteiger partial charge in [0.25, 0.3) is 0 Å². The molecule has 1 aromatic heterocycles. The molecule has 138 valence electrons. The van der Waals surface area contributed by atoms with E-state index in [1.165, 1.54) is 0 Å². The molecule has 0 bridgehead atoms. The highest BCUT2D eigenvalue weighted by atomic mass is 16.6. The number of hydrogen-bond acceptors (Lipinski definition) is 5. The first-order chi connectivity index (χ1) is 12.3. The molecule has 0 atom stereocenters. The summed E-state index contributed by atoms with van der Waals surface area (Å²) in [5, 5.41) is 0. The molecule has 0 saturated carbocycles. The number of hydrogen-bond donors (Lipinski definition) is 1. The van der Waals surface area contributed by atoms with Crippen LogP contribution in [0.3, 0.4) is 0 Å². The Kier molecular flexibility index (Phi) is 5.02. The zero-order valence-corrected chi connectivity index (χ0v) is 15.6. The molecule has 0 spiro atoms. The van der Waals surface area contributed by atoms with Crippen LogP contribution in [0.4, 0.5) is 16.3 Å². The van der Waals surface area contributed by atoms with E-state index in [1.54, 1.807) is 4.90 Å². The van der Waals surface area contributed by atoms with Crippen LogP contribution in [0.2, 0.25) is 0 Å². The van der Waals surface area contributed by atoms with Crippen LogP contribution < -0.4 is 10.6 Å². The molecule has 0 radical (unpaired) electrons. The van der Waals surface area contributed by atoms with E-state index in [9.17, 15) is 4.79 Å². The highest BCUT2D eigenvalue weighted by Gasteiger charge is 2.26. The molecule has 6 heteroatoms. The third kappa shape index (κ3) is 4.45. The van der Waals surface area contributed by atoms with E-state index in [2.05, 4.69) is 16.0 Å². The molecule has 26 heavy (non-hydrogen) atoms. The third-order valence-corrected chi connectivity index (χ3v) is 4.25. The molecule has 3 rings (SSSR count). The fraction of sp³-hybridized carbons (Fsp3) is 0.400. The predicted molar refractivity (Wildman–Crippen MR) is 104 cm³/mol. The third-order valence-electron chi connectivity index (χ3n) is 4.25. The first-order valence-electron chi connectivity index (χ1n) is 8.87. The van der Waals surface area contributed by atoms with E-state index in [0.29, 0.717) is 13.1 Å². The Bertz CT molecular complexity index is 743. The Labute approximate surface area is 154 Å². The van der Waals surface area contributed by atoms with E-state index in [1.807, 2.05) is 57.3 Å². The number of rotatable bonds is 2. The number of nitrogen functional groups attached to an aromatic ring is 1. The Hall–Kier alpha value is -2.76. The molecule has 6 nitrogen and oxygen atoms in total. The summed E-state index contributed by atoms with van der Waals surface area (Å²) >= 11 is 0. The monoisotopic (exact) mass is 354 g/mol. The number of benzene rings is 1. The van der Waals surface area contributed by atoms with Gasteiger partial charge in [-0.25, -0.2) is 9.78 Å². The second-order valence-electron chi connectivity index (χ2n) is 7.48. The SMILES string of the molecule is CC(C)(C)OC(=O)N1CCN(c2ccc(-c3ccc(N)cc3)cn2)CC1. The number of carbonyl (C=O) groups excluding carboxylic acids is 1. The Balaban J connectivity index is 1.59. The number of nitrogens with zero attached hydrogens (tertiary/aromatic N) is 3. The summed E-state index contributed by atoms with van der Waals surface area (Å²) < 4.78 is 5.44. The fourth-order valence-corrected chi connectivity index (χ4v) is 2.86. The van der Waals surface area contributed by atoms with Gasteiger partial charge in [-0.15, -0.1) is 0 Å². The average Bonchev–Trinajstić information content (AvgIpc) is 2.61. The molecule has 1 aromatic carbocycles. The molecule has 1 aliphatic heterocycles. The van der Waals surface area contributed by atoms with Gasteiger partial charge in [-0.1, -0.05) is 12.1 Å². The minimum absolute atomic E-state index is 0.246. The van der Waals surface area contributed by atoms with Crippen molar-refractivity contribution >= 4 is 17.6 Å². The number of aromatic nitrogens is 1. The van der Waals surface area contributed by atoms with Gasteiger partial charge in [0.15, 0.2) is 0 Å². The maximum absolute atomic E-state index is 12.1. The lowest BCUT2D eigenvalue weighted by Crippen LogP contribution is -2.50. The normalized spacial score (nSPS) is 15.0. The Morgan fingerprint density at radius 1 is 1.00 bits per heavy atom. The molecule has 2 aromatic rings. The van der Waals surface area contributed by atoms with Crippen molar-refractivity contribution in [3.8, 4) is 11.1 Å². The Morgan fingerprint density at radius 2 is 1.62 bits per heavy atom. The van der Waals surface area contributed by atoms with Crippen LogP contribution in [-0.2, 0) is 4.74 Å². The molecule has 1 saturated heterocycles. The lowest BCUT2D eigenvalue weighted by atomic mass is 10.1. The number of piperazine rings is 1. The molecule has 1 aliphatic rings. The first-order valence-corrected chi connectivity index (χ1v) is 8.87. The fourth-order valence-electron chi connectivity index (χ4n) is 2.86. The van der Waals surface area contributed by atoms with Crippen molar-refractivity contribution in [2.24, 2.45) is 0 Å². The standard InChI is InChI=1S/C20H26N4O2/c1-20(2,3)26-19(25)24-12-10-23(11-13-24)18-9-6-16(14-22-18)15-4-7-17(21)8-5-15/h4-9,14H,10-13,21H2,1-3H3. The van der Waals surface area contributed by atoms with Gasteiger partial charge in [0.05, 0.1) is 0 Å². The molecule has 1 fully saturated rings. The van der Waals surface area contributed by atoms with Crippen LogP contribution in [0.5, 0.6) is 0 Å². The Morgan fingerprint density at radius 3 is 2.15 bits per heavy atom. The largest absolute Gasteiger partial charge is 0.444 e. The highest BCUT2D eigenvalue weighted by Crippen LogP contribution is 2.23. The molecular weight excluding hydrogens is 328 g/mol. The minimum atomic E-state index is -0.465. The van der Waals surface area contributed by atoms with Crippen molar-refractivity contribution in [2.75, 3.05) is 36.8 Å². The van der Waals surface area contributed by atoms with E-state index in [4.69, 9.17) is 10.5 Å². The van der Waals surface area contributed by atoms with Crippen molar-refractivity contribution < 1.29 is 9.53 Å². The summed E-state index contributed by atoms with van der Waals surface area (Å²) in [4.78, 5) is 20.7. The molecule has 0 unspecified atom stereocenters. The predicted octanol–water partition coefficient (Wildman–Crippen LogP) is 3.39. The first kappa shape index (κ1) is 18.0. The van der Waals surface area contributed by atoms with Gasteiger partial charge in [0.1, 0.15) is 11.4 Å². The summed E-state index contributed by atoms with van der Waals surface area (Å²) in [7, 11) is 0. The van der Waals surface area contributed by atoms with Gasteiger partial charge in [-0.2, -0.15) is 0 Å². The number of carbonyl (C=O) groups is 1. The van der Waals surface area contributed by atoms with Crippen molar-refractivity contribution in [3.05, 3.63) is 42.6 Å². The van der Waals surface area contributed by atoms with Crippen LogP contribution in [0.15, 0.2) is 42.6 Å². The average molecular weight is 354 g/mol. The van der Waals surface area contributed by atoms with E-state index in [0.717, 1.165) is 35.7 Å². The summed E-state index contributed by atoms with van der Waals surface area (Å²) in [5.74, 6) is 0.924. The van der Waals surface area contributed by atoms with Crippen LogP contribution in [0.1, 0.15) is 20.8 Å². The number of pyridine rings is 1. The zero-order chi connectivity index (χ0) is 18.7. The van der Waals surface area contributed by atoms with Crippen LogP contribution in [0.25, 0.3) is 11.1 Å². The van der Waals surface area contributed by atoms with E-state index >= 15 is 0 Å². The van der Waals surface area contributed by atoms with Gasteiger partial charge in [-0.05, 0) is 50.6 Å². The van der Waals surface area contributed by atoms with Crippen LogP contribution in [0, 0.1) is 0 Å². The van der Waals surface area contributed by atoms with E-state index in [-0.39, 0.29) is 6.09 Å². The minimum Gasteiger partial charge on any atom is -0.444 e. The van der Waals surface area contributed by atoms with Gasteiger partial charge in [0.2, 0.25) is 0 Å². The van der Waals surface area contributed by atoms with Crippen molar-refractivity contribution in [1.82, 2.24) is 9.88 Å². The summed E-state index contributed by atoms with van der Waals surface area (Å²) in [6, 6.07) is 11.8. The quantitative estimate of drug-likeness (QED) is 0.837. The summed E-state index contributed by atoms with van der Waals surface area (Å²) in [6.45, 7) is 8.41. The number of ether oxygens (including phenoxy) is 1. The zero-order valence-electron chi connectivity index (χ0n) is 15.6. The number of amides is 1. The summed E-state index contributed by atoms with van der Waals surface area (Å²) in [5.41, 5.74) is 8.17. The maximum atomic E-state index is 12.1. The second kappa shape index (κ2) is 7.23. The molecule has 0 aliphatic carbocycles. The highest BCUT2D eigenvalue weighted by molar-refractivity contribution is 5.69. The number of anilines is 2. The van der Waals surface area contributed by atoms with E-state index < -0.39 is 5.60 Å². The van der Waals surface area contributed by atoms with Crippen molar-refractivity contribution in [2.45, 2.75) is 26.4 Å². The van der Waals surface area contributed by atoms with Crippen molar-refractivity contribution in [3.63, 3.8) is 0 Å². The molecule has 2 heterocycles. The van der Waals surface area contributed by atoms with Crippen LogP contribution >= 0.6 is 0 Å². The van der Waals surface area contributed by atoms with Gasteiger partial charge >= 0.3 is 6.09 Å². The lowest BCUT2D eigenvalue weighted by Gasteiger charge is -2.36. The second-order valence-corrected chi connectivity index (χ2v) is 7.48. The van der Waals surface area contributed by atoms with Gasteiger partial charge < -0.3 is 20.3 Å². The molecule has 1 amide bonds. The molecule has 2 N–H and O–H groups in total. The smallest absolute Gasteiger partial charge is 0.410 e. The maximum Gasteiger partial charge on any atom is 0.410 e.